The van der Waals surface area contributed by atoms with Crippen LogP contribution in [0, 0.1) is 6.92 Å². The Morgan fingerprint density at radius 2 is 1.92 bits per heavy atom. The van der Waals surface area contributed by atoms with Crippen molar-refractivity contribution in [2.45, 2.75) is 33.1 Å². The van der Waals surface area contributed by atoms with Gasteiger partial charge in [0, 0.05) is 6.20 Å². The Bertz CT molecular complexity index is 266. The summed E-state index contributed by atoms with van der Waals surface area (Å²) in [7, 11) is 0. The van der Waals surface area contributed by atoms with Crippen LogP contribution in [0.2, 0.25) is 5.15 Å². The Balaban J connectivity index is 3.31. The molecule has 0 radical (unpaired) electrons. The summed E-state index contributed by atoms with van der Waals surface area (Å²) < 4.78 is 0. The molecule has 1 aromatic heterocycles. The fraction of sp³-hybridized carbons (Fsp3) is 0.500. The van der Waals surface area contributed by atoms with Gasteiger partial charge in [0.1, 0.15) is 5.15 Å². The Morgan fingerprint density at radius 3 is 2.25 bits per heavy atom. The summed E-state index contributed by atoms with van der Waals surface area (Å²) in [5.74, 6) is 0. The number of nitrogens with zero attached hydrogens (tertiary/aromatic N) is 1. The first-order chi connectivity index (χ1) is 5.43. The first kappa shape index (κ1) is 9.53. The molecular weight excluding hydrogens is 170 g/mol. The van der Waals surface area contributed by atoms with Crippen molar-refractivity contribution in [3.05, 3.63) is 28.5 Å². The smallest absolute Gasteiger partial charge is 0.132 e. The Morgan fingerprint density at radius 1 is 1.33 bits per heavy atom. The molecule has 0 aromatic carbocycles. The molecule has 66 valence electrons. The molecule has 0 fully saturated rings. The maximum atomic E-state index is 6.00. The van der Waals surface area contributed by atoms with Crippen molar-refractivity contribution in [2.24, 2.45) is 0 Å². The normalized spacial score (nSPS) is 11.8. The molecule has 0 unspecified atom stereocenters. The van der Waals surface area contributed by atoms with Gasteiger partial charge >= 0.3 is 0 Å². The first-order valence-corrected chi connectivity index (χ1v) is 4.42. The van der Waals surface area contributed by atoms with E-state index in [9.17, 15) is 0 Å². The van der Waals surface area contributed by atoms with Gasteiger partial charge < -0.3 is 0 Å². The van der Waals surface area contributed by atoms with Crippen LogP contribution < -0.4 is 0 Å². The summed E-state index contributed by atoms with van der Waals surface area (Å²) in [5.41, 5.74) is 2.43. The van der Waals surface area contributed by atoms with Crippen LogP contribution >= 0.6 is 11.6 Å². The number of pyridine rings is 1. The minimum absolute atomic E-state index is 0.0788. The number of halogens is 1. The Kier molecular flexibility index (Phi) is 2.43. The predicted octanol–water partition coefficient (Wildman–Crippen LogP) is 3.34. The van der Waals surface area contributed by atoms with Crippen LogP contribution in [0.5, 0.6) is 0 Å². The highest BCUT2D eigenvalue weighted by atomic mass is 35.5. The van der Waals surface area contributed by atoms with E-state index in [4.69, 9.17) is 11.6 Å². The lowest BCUT2D eigenvalue weighted by molar-refractivity contribution is 0.583. The van der Waals surface area contributed by atoms with Crippen molar-refractivity contribution in [2.75, 3.05) is 0 Å². The van der Waals surface area contributed by atoms with Gasteiger partial charge in [-0.15, -0.1) is 0 Å². The average molecular weight is 184 g/mol. The predicted molar refractivity (Wildman–Crippen MR) is 52.7 cm³/mol. The second-order valence-electron chi connectivity index (χ2n) is 4.04. The molecule has 2 heteroatoms. The third-order valence-electron chi connectivity index (χ3n) is 1.86. The zero-order valence-electron chi connectivity index (χ0n) is 7.98. The molecule has 0 aliphatic heterocycles. The van der Waals surface area contributed by atoms with E-state index in [-0.39, 0.29) is 5.41 Å². The fourth-order valence-electron chi connectivity index (χ4n) is 1.43. The molecule has 0 aliphatic rings. The van der Waals surface area contributed by atoms with Crippen LogP contribution in [0.4, 0.5) is 0 Å². The molecule has 0 saturated carbocycles. The number of hydrogen-bond donors (Lipinski definition) is 0. The molecule has 0 spiro atoms. The third-order valence-corrected chi connectivity index (χ3v) is 2.15. The highest BCUT2D eigenvalue weighted by Crippen LogP contribution is 2.30. The third kappa shape index (κ3) is 1.78. The Labute approximate surface area is 78.8 Å². The summed E-state index contributed by atoms with van der Waals surface area (Å²) in [5, 5.41) is 0.627. The number of aromatic nitrogens is 1. The largest absolute Gasteiger partial charge is 0.244 e. The van der Waals surface area contributed by atoms with E-state index >= 15 is 0 Å². The SMILES string of the molecule is Cc1ccnc(Cl)c1C(C)(C)C. The zero-order chi connectivity index (χ0) is 9.35. The van der Waals surface area contributed by atoms with Crippen molar-refractivity contribution in [1.82, 2.24) is 4.98 Å². The molecule has 0 atom stereocenters. The van der Waals surface area contributed by atoms with Crippen LogP contribution in [0.25, 0.3) is 0 Å². The van der Waals surface area contributed by atoms with Crippen molar-refractivity contribution >= 4 is 11.6 Å². The summed E-state index contributed by atoms with van der Waals surface area (Å²) in [4.78, 5) is 4.07. The van der Waals surface area contributed by atoms with E-state index in [1.807, 2.05) is 6.07 Å². The molecule has 1 rings (SSSR count). The van der Waals surface area contributed by atoms with Gasteiger partial charge in [-0.1, -0.05) is 32.4 Å². The highest BCUT2D eigenvalue weighted by molar-refractivity contribution is 6.30. The van der Waals surface area contributed by atoms with Gasteiger partial charge in [0.05, 0.1) is 0 Å². The van der Waals surface area contributed by atoms with Crippen LogP contribution in [0.1, 0.15) is 31.9 Å². The van der Waals surface area contributed by atoms with Gasteiger partial charge in [-0.05, 0) is 29.5 Å². The molecule has 12 heavy (non-hydrogen) atoms. The average Bonchev–Trinajstić information content (AvgIpc) is 1.82. The van der Waals surface area contributed by atoms with E-state index in [1.165, 1.54) is 5.56 Å². The van der Waals surface area contributed by atoms with Gasteiger partial charge in [-0.25, -0.2) is 4.98 Å². The van der Waals surface area contributed by atoms with Gasteiger partial charge in [0.15, 0.2) is 0 Å². The second kappa shape index (κ2) is 3.06. The topological polar surface area (TPSA) is 12.9 Å². The summed E-state index contributed by atoms with van der Waals surface area (Å²) in [6.45, 7) is 8.49. The molecule has 0 aliphatic carbocycles. The first-order valence-electron chi connectivity index (χ1n) is 4.04. The molecule has 0 amide bonds. The molecule has 0 N–H and O–H groups in total. The van der Waals surface area contributed by atoms with Gasteiger partial charge in [-0.2, -0.15) is 0 Å². The molecule has 0 bridgehead atoms. The molecule has 1 aromatic rings. The quantitative estimate of drug-likeness (QED) is 0.563. The summed E-state index contributed by atoms with van der Waals surface area (Å²) in [6, 6.07) is 1.99. The maximum absolute atomic E-state index is 6.00. The van der Waals surface area contributed by atoms with Crippen molar-refractivity contribution in [3.63, 3.8) is 0 Å². The maximum Gasteiger partial charge on any atom is 0.132 e. The fourth-order valence-corrected chi connectivity index (χ4v) is 1.91. The highest BCUT2D eigenvalue weighted by Gasteiger charge is 2.19. The van der Waals surface area contributed by atoms with Crippen LogP contribution in [0.15, 0.2) is 12.3 Å². The van der Waals surface area contributed by atoms with E-state index in [0.717, 1.165) is 5.56 Å². The molecule has 1 heterocycles. The van der Waals surface area contributed by atoms with Crippen LogP contribution in [-0.4, -0.2) is 4.98 Å². The van der Waals surface area contributed by atoms with Gasteiger partial charge in [0.25, 0.3) is 0 Å². The van der Waals surface area contributed by atoms with Gasteiger partial charge in [0.2, 0.25) is 0 Å². The van der Waals surface area contributed by atoms with E-state index in [1.54, 1.807) is 6.20 Å². The van der Waals surface area contributed by atoms with Crippen LogP contribution in [-0.2, 0) is 5.41 Å². The molecule has 0 saturated heterocycles. The summed E-state index contributed by atoms with van der Waals surface area (Å²) >= 11 is 6.00. The van der Waals surface area contributed by atoms with E-state index in [0.29, 0.717) is 5.15 Å². The minimum Gasteiger partial charge on any atom is -0.244 e. The second-order valence-corrected chi connectivity index (χ2v) is 4.40. The minimum atomic E-state index is 0.0788. The summed E-state index contributed by atoms with van der Waals surface area (Å²) in [6.07, 6.45) is 1.74. The number of aryl methyl sites for hydroxylation is 1. The van der Waals surface area contributed by atoms with E-state index < -0.39 is 0 Å². The van der Waals surface area contributed by atoms with Crippen molar-refractivity contribution < 1.29 is 0 Å². The zero-order valence-corrected chi connectivity index (χ0v) is 8.74. The molecular formula is C10H14ClN. The van der Waals surface area contributed by atoms with Crippen molar-refractivity contribution in [1.29, 1.82) is 0 Å². The number of hydrogen-bond acceptors (Lipinski definition) is 1. The van der Waals surface area contributed by atoms with E-state index in [2.05, 4.69) is 32.7 Å². The number of rotatable bonds is 0. The van der Waals surface area contributed by atoms with Gasteiger partial charge in [-0.3, -0.25) is 0 Å². The standard InChI is InChI=1S/C10H14ClN/c1-7-5-6-12-9(11)8(7)10(2,3)4/h5-6H,1-4H3. The Hall–Kier alpha value is -0.560. The monoisotopic (exact) mass is 183 g/mol. The van der Waals surface area contributed by atoms with Crippen molar-refractivity contribution in [3.8, 4) is 0 Å². The van der Waals surface area contributed by atoms with Crippen LogP contribution in [0.3, 0.4) is 0 Å². The lowest BCUT2D eigenvalue weighted by Gasteiger charge is -2.21. The lowest BCUT2D eigenvalue weighted by atomic mass is 9.85. The molecule has 1 nitrogen and oxygen atoms in total. The lowest BCUT2D eigenvalue weighted by Crippen LogP contribution is -2.14.